The molecule has 0 saturated carbocycles. The van der Waals surface area contributed by atoms with Gasteiger partial charge in [-0.1, -0.05) is 43.0 Å². The van der Waals surface area contributed by atoms with Crippen molar-refractivity contribution in [1.82, 2.24) is 5.32 Å². The Hall–Kier alpha value is -1.50. The normalized spacial score (nSPS) is 28.4. The van der Waals surface area contributed by atoms with Crippen LogP contribution in [0.2, 0.25) is 0 Å². The van der Waals surface area contributed by atoms with E-state index in [0.717, 1.165) is 12.0 Å². The lowest BCUT2D eigenvalue weighted by molar-refractivity contribution is 0.939. The van der Waals surface area contributed by atoms with E-state index in [2.05, 4.69) is 24.0 Å². The molecule has 1 rings (SSSR count). The van der Waals surface area contributed by atoms with E-state index in [-0.39, 0.29) is 0 Å². The van der Waals surface area contributed by atoms with Gasteiger partial charge in [0.15, 0.2) is 0 Å². The molecule has 1 aliphatic rings. The molecule has 68 valence electrons. The first-order chi connectivity index (χ1) is 6.33. The summed E-state index contributed by atoms with van der Waals surface area (Å²) in [6.45, 7) is 3.88. The van der Waals surface area contributed by atoms with Gasteiger partial charge < -0.3 is 5.32 Å². The van der Waals surface area contributed by atoms with Crippen LogP contribution >= 0.6 is 0 Å². The largest absolute Gasteiger partial charge is 0.391 e. The highest BCUT2D eigenvalue weighted by Crippen LogP contribution is 2.03. The van der Waals surface area contributed by atoms with Gasteiger partial charge in [0.05, 0.1) is 0 Å². The van der Waals surface area contributed by atoms with E-state index >= 15 is 0 Å². The highest BCUT2D eigenvalue weighted by Gasteiger charge is 1.88. The van der Waals surface area contributed by atoms with E-state index in [4.69, 9.17) is 0 Å². The Bertz CT molecular complexity index is 290. The van der Waals surface area contributed by atoms with Gasteiger partial charge in [-0.2, -0.15) is 0 Å². The molecule has 1 aliphatic carbocycles. The summed E-state index contributed by atoms with van der Waals surface area (Å²) in [7, 11) is 1.93. The molecule has 0 spiro atoms. The Kier molecular flexibility index (Phi) is 3.83. The molecule has 1 N–H and O–H groups in total. The number of allylic oxidation sites excluding steroid dienone is 8. The third kappa shape index (κ3) is 3.61. The fraction of sp³-hybridized carbons (Fsp3) is 0.167. The summed E-state index contributed by atoms with van der Waals surface area (Å²) in [6.07, 6.45) is 15.2. The third-order valence-corrected chi connectivity index (χ3v) is 1.82. The standard InChI is InChI=1S/C12H15N/c1-11-7-4-3-5-9-12(13-2)10-6-8-11/h3-8,10,13H,1,9H2,2H3/b5-3-,7-4-,8-6-,12-10+. The second kappa shape index (κ2) is 5.20. The van der Waals surface area contributed by atoms with Crippen LogP contribution in [0.25, 0.3) is 0 Å². The average molecular weight is 173 g/mol. The zero-order valence-corrected chi connectivity index (χ0v) is 7.96. The van der Waals surface area contributed by atoms with Crippen molar-refractivity contribution >= 4 is 0 Å². The van der Waals surface area contributed by atoms with Crippen LogP contribution in [0, 0.1) is 0 Å². The van der Waals surface area contributed by atoms with Crippen LogP contribution in [0.5, 0.6) is 0 Å². The summed E-state index contributed by atoms with van der Waals surface area (Å²) in [6, 6.07) is 0. The zero-order chi connectivity index (χ0) is 9.52. The van der Waals surface area contributed by atoms with Gasteiger partial charge in [0.1, 0.15) is 0 Å². The van der Waals surface area contributed by atoms with Crippen molar-refractivity contribution in [3.05, 3.63) is 60.4 Å². The van der Waals surface area contributed by atoms with E-state index in [1.165, 1.54) is 5.70 Å². The van der Waals surface area contributed by atoms with Crippen LogP contribution in [-0.2, 0) is 0 Å². The van der Waals surface area contributed by atoms with Crippen LogP contribution in [0.4, 0.5) is 0 Å². The van der Waals surface area contributed by atoms with Crippen molar-refractivity contribution < 1.29 is 0 Å². The van der Waals surface area contributed by atoms with Crippen molar-refractivity contribution in [1.29, 1.82) is 0 Å². The molecule has 13 heavy (non-hydrogen) atoms. The molecule has 1 nitrogen and oxygen atoms in total. The molecular formula is C12H15N. The third-order valence-electron chi connectivity index (χ3n) is 1.82. The minimum absolute atomic E-state index is 0.942. The van der Waals surface area contributed by atoms with Crippen molar-refractivity contribution in [2.24, 2.45) is 0 Å². The maximum atomic E-state index is 3.88. The Labute approximate surface area is 79.8 Å². The minimum Gasteiger partial charge on any atom is -0.391 e. The monoisotopic (exact) mass is 173 g/mol. The Morgan fingerprint density at radius 2 is 2.00 bits per heavy atom. The molecule has 0 aromatic carbocycles. The second-order valence-electron chi connectivity index (χ2n) is 2.87. The summed E-state index contributed by atoms with van der Waals surface area (Å²) < 4.78 is 0. The van der Waals surface area contributed by atoms with Crippen molar-refractivity contribution in [2.75, 3.05) is 7.05 Å². The minimum atomic E-state index is 0.942. The maximum absolute atomic E-state index is 3.88. The maximum Gasteiger partial charge on any atom is 0.0142 e. The van der Waals surface area contributed by atoms with Crippen LogP contribution in [-0.4, -0.2) is 7.05 Å². The number of hydrogen-bond acceptors (Lipinski definition) is 1. The molecule has 0 radical (unpaired) electrons. The first kappa shape index (κ1) is 9.59. The lowest BCUT2D eigenvalue weighted by Crippen LogP contribution is -2.04. The molecule has 0 saturated heterocycles. The highest BCUT2D eigenvalue weighted by molar-refractivity contribution is 5.33. The van der Waals surface area contributed by atoms with Crippen molar-refractivity contribution in [3.8, 4) is 0 Å². The smallest absolute Gasteiger partial charge is 0.0142 e. The molecule has 0 fully saturated rings. The van der Waals surface area contributed by atoms with Crippen LogP contribution in [0.3, 0.4) is 0 Å². The molecule has 0 atom stereocenters. The fourth-order valence-corrected chi connectivity index (χ4v) is 1.05. The molecule has 0 bridgehead atoms. The quantitative estimate of drug-likeness (QED) is 0.643. The van der Waals surface area contributed by atoms with E-state index in [1.807, 2.05) is 37.4 Å². The number of hydrogen-bond donors (Lipinski definition) is 1. The van der Waals surface area contributed by atoms with E-state index in [0.29, 0.717) is 0 Å². The first-order valence-corrected chi connectivity index (χ1v) is 4.40. The molecule has 0 amide bonds. The highest BCUT2D eigenvalue weighted by atomic mass is 14.8. The SMILES string of the molecule is C=C1/C=C\C=C/C/C(NC)=C\C=C/1. The second-order valence-corrected chi connectivity index (χ2v) is 2.87. The molecular weight excluding hydrogens is 158 g/mol. The Morgan fingerprint density at radius 3 is 2.77 bits per heavy atom. The zero-order valence-electron chi connectivity index (χ0n) is 7.96. The van der Waals surface area contributed by atoms with Crippen LogP contribution < -0.4 is 5.32 Å². The van der Waals surface area contributed by atoms with E-state index in [9.17, 15) is 0 Å². The topological polar surface area (TPSA) is 12.0 Å². The van der Waals surface area contributed by atoms with Gasteiger partial charge in [-0.05, 0) is 11.6 Å². The summed E-state index contributed by atoms with van der Waals surface area (Å²) >= 11 is 0. The molecule has 0 heterocycles. The molecule has 0 aliphatic heterocycles. The summed E-state index contributed by atoms with van der Waals surface area (Å²) in [5, 5.41) is 3.14. The molecule has 0 aromatic rings. The summed E-state index contributed by atoms with van der Waals surface area (Å²) in [4.78, 5) is 0. The van der Waals surface area contributed by atoms with Gasteiger partial charge in [0.2, 0.25) is 0 Å². The lowest BCUT2D eigenvalue weighted by atomic mass is 10.2. The average Bonchev–Trinajstić information content (AvgIpc) is 2.15. The van der Waals surface area contributed by atoms with Gasteiger partial charge in [-0.15, -0.1) is 0 Å². The Balaban J connectivity index is 2.79. The predicted molar refractivity (Wildman–Crippen MR) is 58.3 cm³/mol. The summed E-state index contributed by atoms with van der Waals surface area (Å²) in [5.41, 5.74) is 2.22. The lowest BCUT2D eigenvalue weighted by Gasteiger charge is -2.01. The van der Waals surface area contributed by atoms with Crippen LogP contribution in [0.15, 0.2) is 60.4 Å². The van der Waals surface area contributed by atoms with Crippen molar-refractivity contribution in [2.45, 2.75) is 6.42 Å². The predicted octanol–water partition coefficient (Wildman–Crippen LogP) is 2.72. The first-order valence-electron chi connectivity index (χ1n) is 4.40. The van der Waals surface area contributed by atoms with E-state index in [1.54, 1.807) is 0 Å². The molecule has 0 aromatic heterocycles. The summed E-state index contributed by atoms with van der Waals surface area (Å²) in [5.74, 6) is 0. The Morgan fingerprint density at radius 1 is 1.23 bits per heavy atom. The van der Waals surface area contributed by atoms with Crippen molar-refractivity contribution in [3.63, 3.8) is 0 Å². The number of rotatable bonds is 1. The van der Waals surface area contributed by atoms with Gasteiger partial charge in [0.25, 0.3) is 0 Å². The molecule has 0 unspecified atom stereocenters. The van der Waals surface area contributed by atoms with Gasteiger partial charge in [0, 0.05) is 19.2 Å². The van der Waals surface area contributed by atoms with Gasteiger partial charge in [-0.25, -0.2) is 0 Å². The fourth-order valence-electron chi connectivity index (χ4n) is 1.05. The van der Waals surface area contributed by atoms with E-state index < -0.39 is 0 Å². The van der Waals surface area contributed by atoms with Gasteiger partial charge in [-0.3, -0.25) is 0 Å². The van der Waals surface area contributed by atoms with Gasteiger partial charge >= 0.3 is 0 Å². The van der Waals surface area contributed by atoms with Crippen LogP contribution in [0.1, 0.15) is 6.42 Å². The number of nitrogens with one attached hydrogen (secondary N) is 1. The molecule has 1 heteroatoms.